The van der Waals surface area contributed by atoms with Gasteiger partial charge in [0.2, 0.25) is 0 Å². The summed E-state index contributed by atoms with van der Waals surface area (Å²) in [5.74, 6) is 2.04. The van der Waals surface area contributed by atoms with E-state index in [1.165, 1.54) is 32.9 Å². The third-order valence-electron chi connectivity index (χ3n) is 6.33. The van der Waals surface area contributed by atoms with Gasteiger partial charge in [0.15, 0.2) is 0 Å². The average molecular weight is 464 g/mol. The molecule has 1 unspecified atom stereocenters. The molecule has 4 aromatic carbocycles. The van der Waals surface area contributed by atoms with Crippen LogP contribution in [0.2, 0.25) is 0 Å². The maximum atomic E-state index is 6.12. The third-order valence-corrected chi connectivity index (χ3v) is 7.27. The number of para-hydroxylation sites is 1. The Kier molecular flexibility index (Phi) is 5.55. The number of aromatic nitrogens is 1. The highest BCUT2D eigenvalue weighted by Gasteiger charge is 2.23. The molecule has 0 amide bonds. The lowest BCUT2D eigenvalue weighted by atomic mass is 10.0. The quantitative estimate of drug-likeness (QED) is 0.149. The summed E-state index contributed by atoms with van der Waals surface area (Å²) in [5.41, 5.74) is 4.52. The molecule has 1 fully saturated rings. The van der Waals surface area contributed by atoms with E-state index in [0.29, 0.717) is 5.25 Å². The summed E-state index contributed by atoms with van der Waals surface area (Å²) in [6, 6.07) is 27.5. The number of rotatable bonds is 7. The fourth-order valence-electron chi connectivity index (χ4n) is 4.56. The Bertz CT molecular complexity index is 1560. The fourth-order valence-corrected chi connectivity index (χ4v) is 4.96. The minimum Gasteiger partial charge on any atom is -0.492 e. The first kappa shape index (κ1) is 21.0. The minimum absolute atomic E-state index is 0.614. The van der Waals surface area contributed by atoms with Crippen LogP contribution in [0.25, 0.3) is 32.6 Å². The molecule has 6 rings (SSSR count). The van der Waals surface area contributed by atoms with Crippen LogP contribution in [-0.2, 0) is 6.54 Å². The second kappa shape index (κ2) is 8.99. The lowest BCUT2D eigenvalue weighted by Crippen LogP contribution is -2.05. The third kappa shape index (κ3) is 3.97. The van der Waals surface area contributed by atoms with E-state index in [1.807, 2.05) is 36.3 Å². The molecule has 1 aliphatic heterocycles. The Hall–Kier alpha value is -3.57. The monoisotopic (exact) mass is 463 g/mol. The Balaban J connectivity index is 1.31. The van der Waals surface area contributed by atoms with Crippen LogP contribution < -0.4 is 4.74 Å². The molecule has 2 heterocycles. The molecule has 1 saturated heterocycles. The molecule has 0 spiro atoms. The van der Waals surface area contributed by atoms with Gasteiger partial charge in [-0.1, -0.05) is 54.6 Å². The Labute approximate surface area is 202 Å². The molecule has 0 aliphatic carbocycles. The normalized spacial score (nSPS) is 15.9. The number of fused-ring (bicyclic) bond motifs is 4. The molecular formula is C29H25N3OS. The first-order chi connectivity index (χ1) is 16.8. The summed E-state index contributed by atoms with van der Waals surface area (Å²) in [6.45, 7) is 3.86. The number of hydrogen-bond acceptors (Lipinski definition) is 4. The summed E-state index contributed by atoms with van der Waals surface area (Å²) in [5, 5.41) is 14.2. The summed E-state index contributed by atoms with van der Waals surface area (Å²) in [4.78, 5) is 0. The number of aryl methyl sites for hydroxylation is 1. The van der Waals surface area contributed by atoms with Crippen molar-refractivity contribution < 1.29 is 4.74 Å². The molecule has 4 nitrogen and oxygen atoms in total. The molecular weight excluding hydrogens is 438 g/mol. The maximum Gasteiger partial charge on any atom is 0.128 e. The molecule has 1 aromatic heterocycles. The molecule has 0 saturated carbocycles. The second-order valence-electron chi connectivity index (χ2n) is 8.49. The van der Waals surface area contributed by atoms with E-state index in [2.05, 4.69) is 88.4 Å². The van der Waals surface area contributed by atoms with Crippen molar-refractivity contribution in [1.82, 2.24) is 4.57 Å². The van der Waals surface area contributed by atoms with Gasteiger partial charge in [-0.2, -0.15) is 22.0 Å². The van der Waals surface area contributed by atoms with E-state index in [1.54, 1.807) is 0 Å². The Morgan fingerprint density at radius 3 is 2.50 bits per heavy atom. The minimum atomic E-state index is 0.614. The highest BCUT2D eigenvalue weighted by Crippen LogP contribution is 2.33. The predicted octanol–water partition coefficient (Wildman–Crippen LogP) is 6.91. The molecule has 34 heavy (non-hydrogen) atoms. The van der Waals surface area contributed by atoms with Crippen molar-refractivity contribution in [3.63, 3.8) is 0 Å². The molecule has 1 atom stereocenters. The van der Waals surface area contributed by atoms with Crippen LogP contribution in [0.5, 0.6) is 5.75 Å². The molecule has 0 N–H and O–H groups in total. The largest absolute Gasteiger partial charge is 0.492 e. The Morgan fingerprint density at radius 1 is 0.882 bits per heavy atom. The fraction of sp³-hybridized carbons (Fsp3) is 0.172. The average Bonchev–Trinajstić information content (AvgIpc) is 3.66. The molecule has 168 valence electrons. The number of thioether (sulfide) groups is 1. The van der Waals surface area contributed by atoms with Crippen LogP contribution in [0.3, 0.4) is 0 Å². The van der Waals surface area contributed by atoms with Gasteiger partial charge in [0.25, 0.3) is 0 Å². The van der Waals surface area contributed by atoms with Crippen molar-refractivity contribution in [3.05, 3.63) is 90.0 Å². The van der Waals surface area contributed by atoms with Crippen LogP contribution in [0.1, 0.15) is 18.1 Å². The standard InChI is InChI=1S/C29H25N3OS/c1-2-32-27-10-6-5-9-24(27)25-15-20(11-13-28(25)32)16-30-31-17-26-23-8-4-3-7-21(23)12-14-29(26)33-18-22-19-34-22/h3-17,22H,2,18-19H2,1H3/b30-16+,31-17+. The van der Waals surface area contributed by atoms with Gasteiger partial charge in [0.1, 0.15) is 12.4 Å². The predicted molar refractivity (Wildman–Crippen MR) is 146 cm³/mol. The Morgan fingerprint density at radius 2 is 1.65 bits per heavy atom. The van der Waals surface area contributed by atoms with Crippen LogP contribution in [0.4, 0.5) is 0 Å². The van der Waals surface area contributed by atoms with Crippen molar-refractivity contribution in [1.29, 1.82) is 0 Å². The highest BCUT2D eigenvalue weighted by molar-refractivity contribution is 8.06. The zero-order valence-corrected chi connectivity index (χ0v) is 19.8. The van der Waals surface area contributed by atoms with Crippen molar-refractivity contribution in [2.24, 2.45) is 10.2 Å². The molecule has 0 bridgehead atoms. The van der Waals surface area contributed by atoms with Crippen LogP contribution in [0.15, 0.2) is 89.1 Å². The van der Waals surface area contributed by atoms with Gasteiger partial charge >= 0.3 is 0 Å². The number of hydrogen-bond donors (Lipinski definition) is 0. The summed E-state index contributed by atoms with van der Waals surface area (Å²) >= 11 is 1.94. The molecule has 0 radical (unpaired) electrons. The molecule has 5 aromatic rings. The SMILES string of the molecule is CCn1c2ccccc2c2cc(/C=N/N=C/c3c(OCC4CS4)ccc4ccccc34)ccc21. The van der Waals surface area contributed by atoms with Gasteiger partial charge in [-0.3, -0.25) is 0 Å². The van der Waals surface area contributed by atoms with Crippen LogP contribution in [-0.4, -0.2) is 34.6 Å². The van der Waals surface area contributed by atoms with Gasteiger partial charge in [0.05, 0.1) is 12.4 Å². The number of ether oxygens (including phenoxy) is 1. The van der Waals surface area contributed by atoms with E-state index < -0.39 is 0 Å². The summed E-state index contributed by atoms with van der Waals surface area (Å²) in [7, 11) is 0. The summed E-state index contributed by atoms with van der Waals surface area (Å²) < 4.78 is 8.47. The van der Waals surface area contributed by atoms with E-state index in [4.69, 9.17) is 4.74 Å². The van der Waals surface area contributed by atoms with Gasteiger partial charge in [-0.25, -0.2) is 0 Å². The van der Waals surface area contributed by atoms with Gasteiger partial charge < -0.3 is 9.30 Å². The second-order valence-corrected chi connectivity index (χ2v) is 9.83. The first-order valence-electron chi connectivity index (χ1n) is 11.7. The van der Waals surface area contributed by atoms with Crippen molar-refractivity contribution in [3.8, 4) is 5.75 Å². The van der Waals surface area contributed by atoms with Gasteiger partial charge in [-0.15, -0.1) is 0 Å². The molecule has 5 heteroatoms. The lowest BCUT2D eigenvalue weighted by Gasteiger charge is -2.10. The lowest BCUT2D eigenvalue weighted by molar-refractivity contribution is 0.330. The topological polar surface area (TPSA) is 38.9 Å². The van der Waals surface area contributed by atoms with E-state index in [0.717, 1.165) is 35.4 Å². The van der Waals surface area contributed by atoms with Gasteiger partial charge in [-0.05, 0) is 47.5 Å². The van der Waals surface area contributed by atoms with E-state index >= 15 is 0 Å². The maximum absolute atomic E-state index is 6.12. The summed E-state index contributed by atoms with van der Waals surface area (Å²) in [6.07, 6.45) is 3.64. The smallest absolute Gasteiger partial charge is 0.128 e. The van der Waals surface area contributed by atoms with Crippen LogP contribution in [0, 0.1) is 0 Å². The number of benzene rings is 4. The van der Waals surface area contributed by atoms with E-state index in [9.17, 15) is 0 Å². The zero-order chi connectivity index (χ0) is 22.9. The van der Waals surface area contributed by atoms with Crippen LogP contribution >= 0.6 is 11.8 Å². The first-order valence-corrected chi connectivity index (χ1v) is 12.7. The van der Waals surface area contributed by atoms with E-state index in [-0.39, 0.29) is 0 Å². The zero-order valence-electron chi connectivity index (χ0n) is 19.0. The molecule has 1 aliphatic rings. The van der Waals surface area contributed by atoms with Crippen molar-refractivity contribution >= 4 is 56.8 Å². The van der Waals surface area contributed by atoms with Crippen molar-refractivity contribution in [2.45, 2.75) is 18.7 Å². The highest BCUT2D eigenvalue weighted by atomic mass is 32.2. The van der Waals surface area contributed by atoms with Crippen molar-refractivity contribution in [2.75, 3.05) is 12.4 Å². The van der Waals surface area contributed by atoms with Gasteiger partial charge in [0, 0.05) is 44.9 Å². The number of nitrogens with zero attached hydrogens (tertiary/aromatic N) is 3.